The Labute approximate surface area is 452 Å². The number of phenols is 1. The Morgan fingerprint density at radius 3 is 1.99 bits per heavy atom. The summed E-state index contributed by atoms with van der Waals surface area (Å²) in [7, 11) is -12.5. The Morgan fingerprint density at radius 1 is 0.753 bits per heavy atom. The number of ether oxygens (including phenoxy) is 2. The Kier molecular flexibility index (Phi) is 19.6. The number of aromatic hydroxyl groups is 1. The van der Waals surface area contributed by atoms with Gasteiger partial charge in [0.1, 0.15) is 22.1 Å². The largest absolute Gasteiger partial charge is 0.506 e. The van der Waals surface area contributed by atoms with E-state index in [1.807, 2.05) is 25.7 Å². The molecule has 23 heteroatoms. The molecule has 1 saturated heterocycles. The minimum Gasteiger partial charge on any atom is -0.506 e. The number of rotatable bonds is 28. The first kappa shape index (κ1) is 58.4. The fraction of sp³-hybridized carbons (Fsp3) is 0.481. The number of hydrogen-bond acceptors (Lipinski definition) is 14. The summed E-state index contributed by atoms with van der Waals surface area (Å²) >= 11 is 0. The number of unbranched alkanes of at least 4 members (excludes halogenated alkanes) is 13. The Bertz CT molecular complexity index is 3340. The van der Waals surface area contributed by atoms with Crippen molar-refractivity contribution in [2.24, 2.45) is 10.2 Å². The van der Waals surface area contributed by atoms with Gasteiger partial charge in [0.05, 0.1) is 53.7 Å². The van der Waals surface area contributed by atoms with E-state index < -0.39 is 46.2 Å². The van der Waals surface area contributed by atoms with Gasteiger partial charge < -0.3 is 19.5 Å². The first-order valence-electron chi connectivity index (χ1n) is 26.4. The van der Waals surface area contributed by atoms with Gasteiger partial charge in [-0.05, 0) is 85.6 Å². The lowest BCUT2D eigenvalue weighted by molar-refractivity contribution is 0.122. The zero-order valence-electron chi connectivity index (χ0n) is 44.9. The van der Waals surface area contributed by atoms with Crippen LogP contribution in [0.4, 0.5) is 38.5 Å². The molecule has 6 aromatic rings. The quantitative estimate of drug-likeness (QED) is 0.0175. The molecule has 1 fully saturated rings. The van der Waals surface area contributed by atoms with Crippen molar-refractivity contribution in [3.05, 3.63) is 89.9 Å². The fourth-order valence-corrected chi connectivity index (χ4v) is 11.9. The van der Waals surface area contributed by atoms with Crippen LogP contribution in [-0.2, 0) is 40.2 Å². The van der Waals surface area contributed by atoms with E-state index in [9.17, 15) is 30.4 Å². The molecule has 1 aliphatic heterocycles. The first-order chi connectivity index (χ1) is 36.6. The van der Waals surface area contributed by atoms with E-state index in [1.54, 1.807) is 31.2 Å². The molecule has 4 aromatic carbocycles. The number of azo groups is 1. The van der Waals surface area contributed by atoms with E-state index in [0.29, 0.717) is 67.0 Å². The van der Waals surface area contributed by atoms with Gasteiger partial charge in [0.15, 0.2) is 17.3 Å². The predicted molar refractivity (Wildman–Crippen MR) is 300 cm³/mol. The highest BCUT2D eigenvalue weighted by Gasteiger charge is 2.29. The number of phenolic OH excluding ortho intramolecular Hbond substituents is 1. The maximum absolute atomic E-state index is 15.9. The van der Waals surface area contributed by atoms with Gasteiger partial charge in [-0.1, -0.05) is 111 Å². The SMILES string of the molecule is CCCCCCCCCCCCCCCCOc1cc(NS(=O)(=O)c2cc(NS(=O)(=O)c3ccc(N=Nc4c(C(C)(C)C)[nH]n5nc(-c6ccc(NS(C)(=O)=O)cc6)nc45)c(F)c3)ccc2N2CCOCC2)c(O)cc1C. The Morgan fingerprint density at radius 2 is 1.38 bits per heavy atom. The third-order valence-corrected chi connectivity index (χ3v) is 16.5. The summed E-state index contributed by atoms with van der Waals surface area (Å²) in [6, 6.07) is 16.5. The highest BCUT2D eigenvalue weighted by molar-refractivity contribution is 7.93. The van der Waals surface area contributed by atoms with Crippen LogP contribution in [0.1, 0.15) is 129 Å². The highest BCUT2D eigenvalue weighted by Crippen LogP contribution is 2.39. The maximum Gasteiger partial charge on any atom is 0.264 e. The number of aromatic amines is 1. The van der Waals surface area contributed by atoms with Gasteiger partial charge in [-0.3, -0.25) is 19.3 Å². The van der Waals surface area contributed by atoms with Crippen LogP contribution in [-0.4, -0.2) is 89.3 Å². The third kappa shape index (κ3) is 16.1. The lowest BCUT2D eigenvalue weighted by Crippen LogP contribution is -2.37. The molecular weight excluding hydrogens is 1050 g/mol. The minimum absolute atomic E-state index is 0.117. The van der Waals surface area contributed by atoms with Gasteiger partial charge in [0.25, 0.3) is 20.0 Å². The van der Waals surface area contributed by atoms with E-state index in [-0.39, 0.29) is 44.7 Å². The number of anilines is 4. The molecule has 0 saturated carbocycles. The lowest BCUT2D eigenvalue weighted by atomic mass is 9.91. The van der Waals surface area contributed by atoms with Gasteiger partial charge in [-0.2, -0.15) is 4.63 Å². The average Bonchev–Trinajstić information content (AvgIpc) is 3.96. The van der Waals surface area contributed by atoms with Crippen LogP contribution in [0.25, 0.3) is 17.0 Å². The fourth-order valence-electron chi connectivity index (χ4n) is 8.96. The predicted octanol–water partition coefficient (Wildman–Crippen LogP) is 12.3. The number of fused-ring (bicyclic) bond motifs is 1. The van der Waals surface area contributed by atoms with Crippen LogP contribution >= 0.6 is 0 Å². The van der Waals surface area contributed by atoms with Crippen molar-refractivity contribution in [1.82, 2.24) is 19.8 Å². The number of hydrogen-bond donors (Lipinski definition) is 5. The number of nitrogens with one attached hydrogen (secondary N) is 4. The van der Waals surface area contributed by atoms with Gasteiger partial charge >= 0.3 is 0 Å². The molecule has 2 aromatic heterocycles. The molecule has 77 heavy (non-hydrogen) atoms. The summed E-state index contributed by atoms with van der Waals surface area (Å²) in [6.07, 6.45) is 18.3. The van der Waals surface area contributed by atoms with E-state index in [1.165, 1.54) is 106 Å². The summed E-state index contributed by atoms with van der Waals surface area (Å²) < 4.78 is 116. The number of aryl methyl sites for hydroxylation is 1. The van der Waals surface area contributed by atoms with E-state index in [0.717, 1.165) is 43.7 Å². The lowest BCUT2D eigenvalue weighted by Gasteiger charge is -2.30. The standard InChI is InChI=1S/C54H73FN10O9S3/c1-7-8-9-10-11-12-13-14-15-16-17-18-19-20-31-74-48-37-45(47(66)34-38(48)2)63-77(71,72)49-35-41(25-28-46(49)64-29-32-73-33-30-64)62-76(69,70)42-26-27-44(43(55)36-42)57-58-50-51(54(3,4)5)59-65-53(50)56-52(60-65)39-21-23-40(24-22-39)61-75(6,67)68/h21-28,34-37,59,61-63,66H,7-20,29-33H2,1-6H3. The molecule has 0 atom stereocenters. The molecule has 418 valence electrons. The van der Waals surface area contributed by atoms with Crippen molar-refractivity contribution in [2.75, 3.05) is 58.2 Å². The number of halogens is 1. The molecular formula is C54H73FN10O9S3. The molecule has 5 N–H and O–H groups in total. The second-order valence-corrected chi connectivity index (χ2v) is 25.7. The second-order valence-electron chi connectivity index (χ2n) is 20.6. The van der Waals surface area contributed by atoms with Crippen LogP contribution in [0.5, 0.6) is 11.5 Å². The summed E-state index contributed by atoms with van der Waals surface area (Å²) in [6.45, 7) is 11.6. The van der Waals surface area contributed by atoms with Crippen molar-refractivity contribution in [1.29, 1.82) is 0 Å². The van der Waals surface area contributed by atoms with Crippen LogP contribution in [0.3, 0.4) is 0 Å². The number of sulfonamides is 3. The smallest absolute Gasteiger partial charge is 0.264 e. The molecule has 0 aliphatic carbocycles. The Hall–Kier alpha value is -6.30. The van der Waals surface area contributed by atoms with Crippen molar-refractivity contribution in [3.8, 4) is 22.9 Å². The molecule has 0 radical (unpaired) electrons. The van der Waals surface area contributed by atoms with Crippen molar-refractivity contribution in [2.45, 2.75) is 140 Å². The number of nitrogens with zero attached hydrogens (tertiary/aromatic N) is 6. The molecule has 0 unspecified atom stereocenters. The van der Waals surface area contributed by atoms with Crippen LogP contribution in [0, 0.1) is 12.7 Å². The minimum atomic E-state index is -4.53. The zero-order chi connectivity index (χ0) is 55.4. The monoisotopic (exact) mass is 1120 g/mol. The molecule has 7 rings (SSSR count). The maximum atomic E-state index is 15.9. The van der Waals surface area contributed by atoms with Crippen molar-refractivity contribution < 1.29 is 44.2 Å². The van der Waals surface area contributed by atoms with Gasteiger partial charge in [-0.15, -0.1) is 15.3 Å². The average molecular weight is 1120 g/mol. The van der Waals surface area contributed by atoms with Crippen LogP contribution < -0.4 is 23.8 Å². The van der Waals surface area contributed by atoms with Gasteiger partial charge in [-0.25, -0.2) is 34.6 Å². The summed E-state index contributed by atoms with van der Waals surface area (Å²) in [5.74, 6) is -0.627. The van der Waals surface area contributed by atoms with Crippen molar-refractivity contribution in [3.63, 3.8) is 0 Å². The van der Waals surface area contributed by atoms with E-state index in [2.05, 4.69) is 46.5 Å². The van der Waals surface area contributed by atoms with Gasteiger partial charge in [0, 0.05) is 35.8 Å². The third-order valence-electron chi connectivity index (χ3n) is 13.1. The number of aromatic nitrogens is 4. The van der Waals surface area contributed by atoms with E-state index >= 15 is 4.39 Å². The second kappa shape index (κ2) is 25.9. The molecule has 1 aliphatic rings. The summed E-state index contributed by atoms with van der Waals surface area (Å²) in [5, 5.41) is 27.2. The highest BCUT2D eigenvalue weighted by atomic mass is 32.2. The summed E-state index contributed by atoms with van der Waals surface area (Å²) in [4.78, 5) is 5.70. The zero-order valence-corrected chi connectivity index (χ0v) is 47.3. The molecule has 3 heterocycles. The van der Waals surface area contributed by atoms with E-state index in [4.69, 9.17) is 9.47 Å². The number of H-pyrrole nitrogens is 1. The topological polar surface area (TPSA) is 251 Å². The number of morpholine rings is 1. The molecule has 0 amide bonds. The van der Waals surface area contributed by atoms with Gasteiger partial charge in [0.2, 0.25) is 15.7 Å². The van der Waals surface area contributed by atoms with Crippen LogP contribution in [0.2, 0.25) is 0 Å². The molecule has 0 bridgehead atoms. The molecule has 0 spiro atoms. The summed E-state index contributed by atoms with van der Waals surface area (Å²) in [5.41, 5.74) is 1.89. The van der Waals surface area contributed by atoms with Crippen molar-refractivity contribution >= 4 is 69.8 Å². The normalized spacial score (nSPS) is 13.7. The number of benzene rings is 4. The first-order valence-corrected chi connectivity index (χ1v) is 31.2. The molecule has 19 nitrogen and oxygen atoms in total. The van der Waals surface area contributed by atoms with Crippen LogP contribution in [0.15, 0.2) is 92.8 Å². The Balaban J connectivity index is 1.02.